The Morgan fingerprint density at radius 3 is 2.62 bits per heavy atom. The van der Waals surface area contributed by atoms with E-state index in [-0.39, 0.29) is 12.1 Å². The monoisotopic (exact) mass is 238 g/mol. The zero-order valence-electron chi connectivity index (χ0n) is 10.0. The highest BCUT2D eigenvalue weighted by Gasteiger charge is 2.22. The smallest absolute Gasteiger partial charge is 0.317 e. The van der Waals surface area contributed by atoms with Crippen LogP contribution in [0.4, 0.5) is 4.79 Å². The van der Waals surface area contributed by atoms with Crippen LogP contribution < -0.4 is 5.32 Å². The summed E-state index contributed by atoms with van der Waals surface area (Å²) in [4.78, 5) is 16.2. The number of amides is 2. The van der Waals surface area contributed by atoms with Crippen LogP contribution in [0.1, 0.15) is 34.7 Å². The molecule has 4 heteroatoms. The van der Waals surface area contributed by atoms with Crippen molar-refractivity contribution >= 4 is 17.4 Å². The number of aryl methyl sites for hydroxylation is 2. The molecular weight excluding hydrogens is 220 g/mol. The van der Waals surface area contributed by atoms with Gasteiger partial charge in [-0.25, -0.2) is 4.79 Å². The second-order valence-corrected chi connectivity index (χ2v) is 5.84. The van der Waals surface area contributed by atoms with Gasteiger partial charge in [0.1, 0.15) is 0 Å². The van der Waals surface area contributed by atoms with Crippen molar-refractivity contribution in [2.75, 3.05) is 13.1 Å². The summed E-state index contributed by atoms with van der Waals surface area (Å²) in [6, 6.07) is 2.35. The minimum atomic E-state index is 0.0713. The third kappa shape index (κ3) is 2.21. The molecule has 0 radical (unpaired) electrons. The molecule has 2 heterocycles. The fourth-order valence-corrected chi connectivity index (χ4v) is 2.98. The Labute approximate surface area is 100 Å². The standard InChI is InChI=1S/C12H18N2OS/c1-8-7-11(10(3)16-8)9(2)13-12(15)14-5-4-6-14/h7,9H,4-6H2,1-3H3,(H,13,15)/t9-/m1/s1. The molecule has 16 heavy (non-hydrogen) atoms. The number of rotatable bonds is 2. The lowest BCUT2D eigenvalue weighted by atomic mass is 10.1. The first-order valence-corrected chi connectivity index (χ1v) is 6.52. The lowest BCUT2D eigenvalue weighted by Gasteiger charge is -2.32. The second kappa shape index (κ2) is 4.45. The van der Waals surface area contributed by atoms with Gasteiger partial charge in [0.2, 0.25) is 0 Å². The Balaban J connectivity index is 1.99. The van der Waals surface area contributed by atoms with Gasteiger partial charge in [0.25, 0.3) is 0 Å². The Hall–Kier alpha value is -1.03. The first-order valence-electron chi connectivity index (χ1n) is 5.70. The van der Waals surface area contributed by atoms with E-state index in [2.05, 4.69) is 25.2 Å². The number of likely N-dealkylation sites (tertiary alicyclic amines) is 1. The molecule has 1 aliphatic heterocycles. The molecule has 0 aliphatic carbocycles. The molecule has 1 N–H and O–H groups in total. The third-order valence-corrected chi connectivity index (χ3v) is 4.01. The minimum absolute atomic E-state index is 0.0713. The van der Waals surface area contributed by atoms with E-state index < -0.39 is 0 Å². The molecule has 1 saturated heterocycles. The number of thiophene rings is 1. The van der Waals surface area contributed by atoms with Crippen molar-refractivity contribution in [3.05, 3.63) is 21.4 Å². The van der Waals surface area contributed by atoms with E-state index in [9.17, 15) is 4.79 Å². The summed E-state index contributed by atoms with van der Waals surface area (Å²) in [7, 11) is 0. The van der Waals surface area contributed by atoms with Crippen LogP contribution in [0.15, 0.2) is 6.07 Å². The van der Waals surface area contributed by atoms with Crippen molar-refractivity contribution in [3.63, 3.8) is 0 Å². The van der Waals surface area contributed by atoms with Crippen LogP contribution in [0.3, 0.4) is 0 Å². The molecule has 1 aromatic heterocycles. The average molecular weight is 238 g/mol. The van der Waals surface area contributed by atoms with Crippen molar-refractivity contribution < 1.29 is 4.79 Å². The molecule has 3 nitrogen and oxygen atoms in total. The van der Waals surface area contributed by atoms with Gasteiger partial charge < -0.3 is 10.2 Å². The number of hydrogen-bond donors (Lipinski definition) is 1. The highest BCUT2D eigenvalue weighted by atomic mass is 32.1. The molecule has 0 saturated carbocycles. The Bertz CT molecular complexity index is 396. The molecule has 0 aromatic carbocycles. The molecule has 0 bridgehead atoms. The highest BCUT2D eigenvalue weighted by Crippen LogP contribution is 2.26. The summed E-state index contributed by atoms with van der Waals surface area (Å²) < 4.78 is 0. The first-order chi connectivity index (χ1) is 7.58. The van der Waals surface area contributed by atoms with E-state index in [1.54, 1.807) is 11.3 Å². The van der Waals surface area contributed by atoms with Crippen molar-refractivity contribution in [3.8, 4) is 0 Å². The average Bonchev–Trinajstić information content (AvgIpc) is 2.41. The largest absolute Gasteiger partial charge is 0.331 e. The van der Waals surface area contributed by atoms with Gasteiger partial charge in [-0.15, -0.1) is 11.3 Å². The van der Waals surface area contributed by atoms with Gasteiger partial charge in [-0.05, 0) is 38.8 Å². The van der Waals surface area contributed by atoms with Gasteiger partial charge in [-0.3, -0.25) is 0 Å². The van der Waals surface area contributed by atoms with Gasteiger partial charge in [0, 0.05) is 22.8 Å². The molecule has 1 atom stereocenters. The molecule has 2 rings (SSSR count). The summed E-state index contributed by atoms with van der Waals surface area (Å²) in [6.45, 7) is 8.07. The first kappa shape index (κ1) is 11.5. The summed E-state index contributed by atoms with van der Waals surface area (Å²) in [5.41, 5.74) is 1.25. The van der Waals surface area contributed by atoms with Crippen LogP contribution in [0.5, 0.6) is 0 Å². The summed E-state index contributed by atoms with van der Waals surface area (Å²) in [5.74, 6) is 0. The van der Waals surface area contributed by atoms with Crippen LogP contribution >= 0.6 is 11.3 Å². The highest BCUT2D eigenvalue weighted by molar-refractivity contribution is 7.12. The SMILES string of the molecule is Cc1cc([C@@H](C)NC(=O)N2CCC2)c(C)s1. The van der Waals surface area contributed by atoms with Crippen LogP contribution in [0.25, 0.3) is 0 Å². The maximum Gasteiger partial charge on any atom is 0.317 e. The Kier molecular flexibility index (Phi) is 3.19. The van der Waals surface area contributed by atoms with E-state index in [4.69, 9.17) is 0 Å². The number of hydrogen-bond acceptors (Lipinski definition) is 2. The molecule has 1 fully saturated rings. The number of carbonyl (C=O) groups is 1. The quantitative estimate of drug-likeness (QED) is 0.844. The zero-order chi connectivity index (χ0) is 11.7. The molecule has 88 valence electrons. The molecule has 1 aliphatic rings. The maximum absolute atomic E-state index is 11.7. The second-order valence-electron chi connectivity index (χ2n) is 4.38. The van der Waals surface area contributed by atoms with E-state index in [1.165, 1.54) is 15.3 Å². The molecule has 0 unspecified atom stereocenters. The lowest BCUT2D eigenvalue weighted by Crippen LogP contribution is -2.48. The summed E-state index contributed by atoms with van der Waals surface area (Å²) >= 11 is 1.79. The van der Waals surface area contributed by atoms with Crippen molar-refractivity contribution in [1.29, 1.82) is 0 Å². The molecular formula is C12H18N2OS. The van der Waals surface area contributed by atoms with Gasteiger partial charge in [0.15, 0.2) is 0 Å². The number of urea groups is 1. The van der Waals surface area contributed by atoms with E-state index in [0.717, 1.165) is 19.5 Å². The van der Waals surface area contributed by atoms with E-state index >= 15 is 0 Å². The molecule has 2 amide bonds. The third-order valence-electron chi connectivity index (χ3n) is 3.03. The zero-order valence-corrected chi connectivity index (χ0v) is 10.9. The molecule has 0 spiro atoms. The van der Waals surface area contributed by atoms with Gasteiger partial charge in [-0.2, -0.15) is 0 Å². The fraction of sp³-hybridized carbons (Fsp3) is 0.583. The van der Waals surface area contributed by atoms with Crippen LogP contribution in [-0.2, 0) is 0 Å². The van der Waals surface area contributed by atoms with Crippen molar-refractivity contribution in [2.24, 2.45) is 0 Å². The van der Waals surface area contributed by atoms with Crippen molar-refractivity contribution in [1.82, 2.24) is 10.2 Å². The molecule has 1 aromatic rings. The number of nitrogens with one attached hydrogen (secondary N) is 1. The van der Waals surface area contributed by atoms with Crippen LogP contribution in [-0.4, -0.2) is 24.0 Å². The van der Waals surface area contributed by atoms with Crippen LogP contribution in [0.2, 0.25) is 0 Å². The summed E-state index contributed by atoms with van der Waals surface area (Å²) in [6.07, 6.45) is 1.14. The maximum atomic E-state index is 11.7. The normalized spacial score (nSPS) is 16.8. The predicted octanol–water partition coefficient (Wildman–Crippen LogP) is 2.84. The Morgan fingerprint density at radius 1 is 1.50 bits per heavy atom. The summed E-state index contributed by atoms with van der Waals surface area (Å²) in [5, 5.41) is 3.05. The van der Waals surface area contributed by atoms with Gasteiger partial charge >= 0.3 is 6.03 Å². The lowest BCUT2D eigenvalue weighted by molar-refractivity contribution is 0.164. The fourth-order valence-electron chi connectivity index (χ4n) is 1.95. The number of carbonyl (C=O) groups excluding carboxylic acids is 1. The van der Waals surface area contributed by atoms with Gasteiger partial charge in [0.05, 0.1) is 6.04 Å². The van der Waals surface area contributed by atoms with Gasteiger partial charge in [-0.1, -0.05) is 0 Å². The number of nitrogens with zero attached hydrogens (tertiary/aromatic N) is 1. The van der Waals surface area contributed by atoms with Crippen LogP contribution in [0, 0.1) is 13.8 Å². The van der Waals surface area contributed by atoms with Crippen molar-refractivity contribution in [2.45, 2.75) is 33.2 Å². The predicted molar refractivity (Wildman–Crippen MR) is 66.9 cm³/mol. The minimum Gasteiger partial charge on any atom is -0.331 e. The Morgan fingerprint density at radius 2 is 2.19 bits per heavy atom. The topological polar surface area (TPSA) is 32.3 Å². The van der Waals surface area contributed by atoms with E-state index in [0.29, 0.717) is 0 Å². The van der Waals surface area contributed by atoms with E-state index in [1.807, 2.05) is 11.8 Å².